The van der Waals surface area contributed by atoms with Gasteiger partial charge in [-0.15, -0.1) is 0 Å². The Morgan fingerprint density at radius 2 is 1.91 bits per heavy atom. The van der Waals surface area contributed by atoms with Gasteiger partial charge in [-0.1, -0.05) is 36.4 Å². The molecule has 0 spiro atoms. The number of carboxylic acid groups (broad SMARTS) is 1. The van der Waals surface area contributed by atoms with Crippen LogP contribution < -0.4 is 4.74 Å². The maximum Gasteiger partial charge on any atom is 0.512 e. The SMILES string of the molecule is O=C(O)Oc1cncn1C(c1ccccc1)c1ccccn1. The molecule has 0 radical (unpaired) electrons. The Hall–Kier alpha value is -3.15. The molecule has 1 atom stereocenters. The molecular weight excluding hydrogens is 282 g/mol. The molecule has 3 rings (SSSR count). The molecule has 2 aromatic heterocycles. The highest BCUT2D eigenvalue weighted by Gasteiger charge is 2.21. The van der Waals surface area contributed by atoms with Gasteiger partial charge in [0.05, 0.1) is 18.2 Å². The molecule has 1 unspecified atom stereocenters. The van der Waals surface area contributed by atoms with Crippen LogP contribution in [0.2, 0.25) is 0 Å². The van der Waals surface area contributed by atoms with Crippen LogP contribution in [-0.2, 0) is 0 Å². The van der Waals surface area contributed by atoms with Crippen molar-refractivity contribution in [3.05, 3.63) is 78.5 Å². The summed E-state index contributed by atoms with van der Waals surface area (Å²) in [5, 5.41) is 8.85. The summed E-state index contributed by atoms with van der Waals surface area (Å²) in [4.78, 5) is 19.2. The first-order valence-corrected chi connectivity index (χ1v) is 6.64. The smallest absolute Gasteiger partial charge is 0.449 e. The van der Waals surface area contributed by atoms with Crippen LogP contribution >= 0.6 is 0 Å². The maximum absolute atomic E-state index is 10.8. The lowest BCUT2D eigenvalue weighted by atomic mass is 10.0. The third kappa shape index (κ3) is 2.80. The van der Waals surface area contributed by atoms with Crippen LogP contribution in [0.25, 0.3) is 0 Å². The van der Waals surface area contributed by atoms with Crippen molar-refractivity contribution in [3.63, 3.8) is 0 Å². The minimum atomic E-state index is -1.38. The van der Waals surface area contributed by atoms with E-state index < -0.39 is 6.16 Å². The van der Waals surface area contributed by atoms with Gasteiger partial charge in [0.1, 0.15) is 6.04 Å². The van der Waals surface area contributed by atoms with Crippen molar-refractivity contribution in [2.75, 3.05) is 0 Å². The van der Waals surface area contributed by atoms with Gasteiger partial charge >= 0.3 is 6.16 Å². The third-order valence-corrected chi connectivity index (χ3v) is 3.18. The number of hydrogen-bond acceptors (Lipinski definition) is 4. The summed E-state index contributed by atoms with van der Waals surface area (Å²) in [6.07, 6.45) is 3.21. The number of aromatic nitrogens is 3. The Morgan fingerprint density at radius 1 is 1.14 bits per heavy atom. The molecule has 110 valence electrons. The van der Waals surface area contributed by atoms with E-state index in [2.05, 4.69) is 9.97 Å². The largest absolute Gasteiger partial charge is 0.512 e. The van der Waals surface area contributed by atoms with E-state index >= 15 is 0 Å². The molecule has 1 N–H and O–H groups in total. The van der Waals surface area contributed by atoms with Gasteiger partial charge in [-0.05, 0) is 17.7 Å². The van der Waals surface area contributed by atoms with Gasteiger partial charge in [-0.2, -0.15) is 0 Å². The standard InChI is InChI=1S/C16H13N3O3/c20-16(21)22-14-10-17-11-19(14)15(12-6-2-1-3-7-12)13-8-4-5-9-18-13/h1-11,15H,(H,20,21). The maximum atomic E-state index is 10.8. The lowest BCUT2D eigenvalue weighted by Gasteiger charge is -2.20. The molecule has 0 aliphatic rings. The highest BCUT2D eigenvalue weighted by Crippen LogP contribution is 2.29. The van der Waals surface area contributed by atoms with Crippen LogP contribution in [0.3, 0.4) is 0 Å². The lowest BCUT2D eigenvalue weighted by Crippen LogP contribution is -2.16. The minimum absolute atomic E-state index is 0.145. The highest BCUT2D eigenvalue weighted by molar-refractivity contribution is 5.60. The summed E-state index contributed by atoms with van der Waals surface area (Å²) in [7, 11) is 0. The Balaban J connectivity index is 2.11. The number of carbonyl (C=O) groups is 1. The predicted octanol–water partition coefficient (Wildman–Crippen LogP) is 2.97. The van der Waals surface area contributed by atoms with Crippen molar-refractivity contribution in [3.8, 4) is 5.88 Å². The Morgan fingerprint density at radius 3 is 2.59 bits per heavy atom. The van der Waals surface area contributed by atoms with Gasteiger partial charge in [0.15, 0.2) is 0 Å². The number of imidazole rings is 1. The van der Waals surface area contributed by atoms with E-state index in [4.69, 9.17) is 9.84 Å². The van der Waals surface area contributed by atoms with E-state index in [1.54, 1.807) is 10.8 Å². The van der Waals surface area contributed by atoms with Crippen LogP contribution in [0.15, 0.2) is 67.3 Å². The van der Waals surface area contributed by atoms with Crippen molar-refractivity contribution in [2.45, 2.75) is 6.04 Å². The number of benzene rings is 1. The van der Waals surface area contributed by atoms with Crippen LogP contribution in [0.1, 0.15) is 17.3 Å². The Kier molecular flexibility index (Phi) is 3.82. The summed E-state index contributed by atoms with van der Waals surface area (Å²) < 4.78 is 6.44. The Labute approximate surface area is 126 Å². The van der Waals surface area contributed by atoms with Crippen LogP contribution in [-0.4, -0.2) is 25.8 Å². The van der Waals surface area contributed by atoms with Gasteiger partial charge in [0.2, 0.25) is 5.88 Å². The molecule has 1 aromatic carbocycles. The average molecular weight is 295 g/mol. The molecule has 0 aliphatic heterocycles. The molecule has 0 fully saturated rings. The zero-order valence-corrected chi connectivity index (χ0v) is 11.5. The van der Waals surface area contributed by atoms with Gasteiger partial charge in [-0.25, -0.2) is 9.78 Å². The summed E-state index contributed by atoms with van der Waals surface area (Å²) in [5.41, 5.74) is 1.72. The first-order valence-electron chi connectivity index (χ1n) is 6.64. The highest BCUT2D eigenvalue weighted by atomic mass is 16.7. The van der Waals surface area contributed by atoms with Gasteiger partial charge in [0.25, 0.3) is 0 Å². The molecule has 6 heteroatoms. The van der Waals surface area contributed by atoms with Crippen LogP contribution in [0.4, 0.5) is 4.79 Å². The molecule has 0 saturated carbocycles. The van der Waals surface area contributed by atoms with Crippen molar-refractivity contribution in [2.24, 2.45) is 0 Å². The molecule has 3 aromatic rings. The number of hydrogen-bond donors (Lipinski definition) is 1. The second kappa shape index (κ2) is 6.09. The van der Waals surface area contributed by atoms with E-state index in [0.29, 0.717) is 0 Å². The molecule has 22 heavy (non-hydrogen) atoms. The molecule has 6 nitrogen and oxygen atoms in total. The second-order valence-electron chi connectivity index (χ2n) is 4.57. The minimum Gasteiger partial charge on any atom is -0.449 e. The van der Waals surface area contributed by atoms with Gasteiger partial charge < -0.3 is 9.84 Å². The normalized spacial score (nSPS) is 11.8. The summed E-state index contributed by atoms with van der Waals surface area (Å²) in [6.45, 7) is 0. The van der Waals surface area contributed by atoms with Crippen LogP contribution in [0, 0.1) is 0 Å². The zero-order valence-electron chi connectivity index (χ0n) is 11.5. The lowest BCUT2D eigenvalue weighted by molar-refractivity contribution is 0.140. The quantitative estimate of drug-likeness (QED) is 0.749. The van der Waals surface area contributed by atoms with Crippen molar-refractivity contribution >= 4 is 6.16 Å². The predicted molar refractivity (Wildman–Crippen MR) is 78.8 cm³/mol. The van der Waals surface area contributed by atoms with Crippen molar-refractivity contribution in [1.29, 1.82) is 0 Å². The first-order chi connectivity index (χ1) is 10.8. The fourth-order valence-corrected chi connectivity index (χ4v) is 2.30. The molecule has 0 aliphatic carbocycles. The monoisotopic (exact) mass is 295 g/mol. The first kappa shape index (κ1) is 13.8. The van der Waals surface area contributed by atoms with Crippen molar-refractivity contribution < 1.29 is 14.6 Å². The zero-order chi connectivity index (χ0) is 15.4. The number of ether oxygens (including phenoxy) is 1. The molecule has 2 heterocycles. The number of rotatable bonds is 4. The Bertz CT molecular complexity index is 717. The number of nitrogens with zero attached hydrogens (tertiary/aromatic N) is 3. The fraction of sp³-hybridized carbons (Fsp3) is 0.0625. The van der Waals surface area contributed by atoms with Crippen LogP contribution in [0.5, 0.6) is 5.88 Å². The molecule has 0 saturated heterocycles. The molecule has 0 amide bonds. The van der Waals surface area contributed by atoms with E-state index in [0.717, 1.165) is 11.3 Å². The van der Waals surface area contributed by atoms with E-state index in [-0.39, 0.29) is 11.9 Å². The number of pyridine rings is 1. The fourth-order valence-electron chi connectivity index (χ4n) is 2.30. The summed E-state index contributed by atoms with van der Waals surface area (Å²) in [5.74, 6) is 0.145. The summed E-state index contributed by atoms with van der Waals surface area (Å²) >= 11 is 0. The third-order valence-electron chi connectivity index (χ3n) is 3.18. The second-order valence-corrected chi connectivity index (χ2v) is 4.57. The molecular formula is C16H13N3O3. The van der Waals surface area contributed by atoms with Gasteiger partial charge in [0, 0.05) is 6.20 Å². The summed E-state index contributed by atoms with van der Waals surface area (Å²) in [6, 6.07) is 14.9. The van der Waals surface area contributed by atoms with Crippen molar-refractivity contribution in [1.82, 2.24) is 14.5 Å². The molecule has 0 bridgehead atoms. The average Bonchev–Trinajstić information content (AvgIpc) is 2.97. The van der Waals surface area contributed by atoms with E-state index in [1.165, 1.54) is 12.5 Å². The van der Waals surface area contributed by atoms with E-state index in [9.17, 15) is 4.79 Å². The topological polar surface area (TPSA) is 77.2 Å². The van der Waals surface area contributed by atoms with Gasteiger partial charge in [-0.3, -0.25) is 9.55 Å². The van der Waals surface area contributed by atoms with E-state index in [1.807, 2.05) is 48.5 Å².